The number of rotatable bonds is 7. The first kappa shape index (κ1) is 20.8. The smallest absolute Gasteiger partial charge is 0.234 e. The van der Waals surface area contributed by atoms with Crippen LogP contribution in [0.5, 0.6) is 0 Å². The second-order valence-corrected chi connectivity index (χ2v) is 9.56. The van der Waals surface area contributed by atoms with E-state index >= 15 is 0 Å². The van der Waals surface area contributed by atoms with Gasteiger partial charge in [-0.1, -0.05) is 38.1 Å². The molecule has 5 nitrogen and oxygen atoms in total. The molecule has 0 aromatic heterocycles. The molecule has 29 heavy (non-hydrogen) atoms. The summed E-state index contributed by atoms with van der Waals surface area (Å²) >= 11 is 0. The predicted octanol–water partition coefficient (Wildman–Crippen LogP) is 2.67. The maximum atomic E-state index is 12.5. The minimum Gasteiger partial charge on any atom is -0.352 e. The Morgan fingerprint density at radius 3 is 2.14 bits per heavy atom. The molecule has 2 aliphatic heterocycles. The van der Waals surface area contributed by atoms with Crippen molar-refractivity contribution in [1.82, 2.24) is 20.0 Å². The molecule has 1 saturated carbocycles. The number of hydrogen-bond acceptors (Lipinski definition) is 4. The maximum absolute atomic E-state index is 12.5. The van der Waals surface area contributed by atoms with E-state index in [-0.39, 0.29) is 5.91 Å². The van der Waals surface area contributed by atoms with E-state index in [2.05, 4.69) is 58.1 Å². The van der Waals surface area contributed by atoms with Gasteiger partial charge in [-0.15, -0.1) is 0 Å². The zero-order chi connectivity index (χ0) is 20.2. The summed E-state index contributed by atoms with van der Waals surface area (Å²) in [5, 5.41) is 3.29. The van der Waals surface area contributed by atoms with Gasteiger partial charge in [0.2, 0.25) is 5.91 Å². The van der Waals surface area contributed by atoms with Crippen molar-refractivity contribution < 1.29 is 4.79 Å². The molecule has 1 aliphatic carbocycles. The molecular weight excluding hydrogens is 360 g/mol. The zero-order valence-corrected chi connectivity index (χ0v) is 18.3. The molecule has 3 fully saturated rings. The molecule has 2 saturated heterocycles. The van der Waals surface area contributed by atoms with Crippen LogP contribution in [0.4, 0.5) is 0 Å². The number of likely N-dealkylation sites (tertiary alicyclic amines) is 1. The molecule has 0 bridgehead atoms. The van der Waals surface area contributed by atoms with E-state index in [9.17, 15) is 4.79 Å². The summed E-state index contributed by atoms with van der Waals surface area (Å²) in [4.78, 5) is 19.9. The fourth-order valence-electron chi connectivity index (χ4n) is 4.70. The first-order chi connectivity index (χ1) is 14.1. The van der Waals surface area contributed by atoms with Crippen LogP contribution in [0.15, 0.2) is 24.3 Å². The molecule has 1 amide bonds. The summed E-state index contributed by atoms with van der Waals surface area (Å²) in [6.45, 7) is 12.4. The molecule has 3 aliphatic rings. The second-order valence-electron chi connectivity index (χ2n) is 9.56. The van der Waals surface area contributed by atoms with Crippen molar-refractivity contribution in [3.05, 3.63) is 35.4 Å². The molecular formula is C24H38N4O. The summed E-state index contributed by atoms with van der Waals surface area (Å²) < 4.78 is 0. The number of piperazine rings is 1. The topological polar surface area (TPSA) is 38.8 Å². The third-order valence-corrected chi connectivity index (χ3v) is 6.84. The molecule has 0 radical (unpaired) electrons. The molecule has 1 aromatic carbocycles. The molecule has 1 aromatic rings. The SMILES string of the molecule is CC(C)c1ccc(CN2CCN(CC(=O)NC3CCN(C4CC4)CC3)CC2)cc1. The summed E-state index contributed by atoms with van der Waals surface area (Å²) in [5.41, 5.74) is 2.79. The number of carbonyl (C=O) groups excluding carboxylic acids is 1. The molecule has 5 heteroatoms. The number of amides is 1. The molecule has 0 spiro atoms. The van der Waals surface area contributed by atoms with Crippen LogP contribution in [-0.4, -0.2) is 78.5 Å². The number of carbonyl (C=O) groups is 1. The normalized spacial score (nSPS) is 22.9. The number of benzene rings is 1. The zero-order valence-electron chi connectivity index (χ0n) is 18.3. The van der Waals surface area contributed by atoms with Gasteiger partial charge in [0.15, 0.2) is 0 Å². The van der Waals surface area contributed by atoms with Gasteiger partial charge < -0.3 is 10.2 Å². The molecule has 0 unspecified atom stereocenters. The average molecular weight is 399 g/mol. The van der Waals surface area contributed by atoms with Crippen LogP contribution in [0.3, 0.4) is 0 Å². The summed E-state index contributed by atoms with van der Waals surface area (Å²) in [5.74, 6) is 0.803. The first-order valence-electron chi connectivity index (χ1n) is 11.6. The second kappa shape index (κ2) is 9.59. The standard InChI is InChI=1S/C24H38N4O/c1-19(2)21-5-3-20(4-6-21)17-26-13-15-27(16-14-26)18-24(29)25-22-9-11-28(12-10-22)23-7-8-23/h3-6,19,22-23H,7-18H2,1-2H3,(H,25,29). The van der Waals surface area contributed by atoms with Crippen LogP contribution in [0.1, 0.15) is 56.6 Å². The van der Waals surface area contributed by atoms with Crippen LogP contribution >= 0.6 is 0 Å². The lowest BCUT2D eigenvalue weighted by atomic mass is 10.0. The van der Waals surface area contributed by atoms with Gasteiger partial charge in [0, 0.05) is 57.9 Å². The van der Waals surface area contributed by atoms with Gasteiger partial charge >= 0.3 is 0 Å². The van der Waals surface area contributed by atoms with Gasteiger partial charge in [0.25, 0.3) is 0 Å². The fourth-order valence-corrected chi connectivity index (χ4v) is 4.70. The molecule has 0 atom stereocenters. The van der Waals surface area contributed by atoms with Crippen molar-refractivity contribution in [3.8, 4) is 0 Å². The van der Waals surface area contributed by atoms with Crippen molar-refractivity contribution in [2.24, 2.45) is 0 Å². The highest BCUT2D eigenvalue weighted by Crippen LogP contribution is 2.29. The number of nitrogens with one attached hydrogen (secondary N) is 1. The highest BCUT2D eigenvalue weighted by molar-refractivity contribution is 5.78. The summed E-state index contributed by atoms with van der Waals surface area (Å²) in [6, 6.07) is 10.3. The van der Waals surface area contributed by atoms with E-state index in [0.29, 0.717) is 18.5 Å². The monoisotopic (exact) mass is 398 g/mol. The van der Waals surface area contributed by atoms with Crippen molar-refractivity contribution >= 4 is 5.91 Å². The third kappa shape index (κ3) is 6.03. The Kier molecular flexibility index (Phi) is 6.88. The van der Waals surface area contributed by atoms with Gasteiger partial charge in [-0.3, -0.25) is 14.6 Å². The van der Waals surface area contributed by atoms with E-state index in [0.717, 1.165) is 64.7 Å². The highest BCUT2D eigenvalue weighted by atomic mass is 16.2. The minimum absolute atomic E-state index is 0.215. The van der Waals surface area contributed by atoms with Gasteiger partial charge in [-0.05, 0) is 42.7 Å². The van der Waals surface area contributed by atoms with Crippen molar-refractivity contribution in [3.63, 3.8) is 0 Å². The van der Waals surface area contributed by atoms with Crippen LogP contribution in [0, 0.1) is 0 Å². The van der Waals surface area contributed by atoms with Gasteiger partial charge in [0.1, 0.15) is 0 Å². The van der Waals surface area contributed by atoms with Crippen LogP contribution in [0.25, 0.3) is 0 Å². The quantitative estimate of drug-likeness (QED) is 0.766. The van der Waals surface area contributed by atoms with Crippen LogP contribution < -0.4 is 5.32 Å². The Morgan fingerprint density at radius 2 is 1.55 bits per heavy atom. The highest BCUT2D eigenvalue weighted by Gasteiger charge is 2.32. The lowest BCUT2D eigenvalue weighted by Gasteiger charge is -2.35. The third-order valence-electron chi connectivity index (χ3n) is 6.84. The largest absolute Gasteiger partial charge is 0.352 e. The summed E-state index contributed by atoms with van der Waals surface area (Å²) in [7, 11) is 0. The lowest BCUT2D eigenvalue weighted by Crippen LogP contribution is -2.51. The Labute approximate surface area is 176 Å². The van der Waals surface area contributed by atoms with E-state index in [1.807, 2.05) is 0 Å². The molecule has 4 rings (SSSR count). The Bertz CT molecular complexity index is 654. The average Bonchev–Trinajstić information content (AvgIpc) is 3.56. The van der Waals surface area contributed by atoms with Crippen molar-refractivity contribution in [2.45, 2.75) is 64.1 Å². The van der Waals surface area contributed by atoms with Gasteiger partial charge in [-0.2, -0.15) is 0 Å². The van der Waals surface area contributed by atoms with Crippen molar-refractivity contribution in [1.29, 1.82) is 0 Å². The fraction of sp³-hybridized carbons (Fsp3) is 0.708. The van der Waals surface area contributed by atoms with Crippen LogP contribution in [-0.2, 0) is 11.3 Å². The van der Waals surface area contributed by atoms with E-state index in [4.69, 9.17) is 0 Å². The van der Waals surface area contributed by atoms with Crippen LogP contribution in [0.2, 0.25) is 0 Å². The summed E-state index contributed by atoms with van der Waals surface area (Å²) in [6.07, 6.45) is 5.00. The van der Waals surface area contributed by atoms with E-state index < -0.39 is 0 Å². The minimum atomic E-state index is 0.215. The lowest BCUT2D eigenvalue weighted by molar-refractivity contribution is -0.123. The number of piperidine rings is 1. The van der Waals surface area contributed by atoms with Gasteiger partial charge in [-0.25, -0.2) is 0 Å². The molecule has 160 valence electrons. The first-order valence-corrected chi connectivity index (χ1v) is 11.6. The predicted molar refractivity (Wildman–Crippen MR) is 118 cm³/mol. The Balaban J connectivity index is 1.13. The number of hydrogen-bond donors (Lipinski definition) is 1. The molecule has 1 N–H and O–H groups in total. The van der Waals surface area contributed by atoms with E-state index in [1.165, 1.54) is 24.0 Å². The Hall–Kier alpha value is -1.43. The van der Waals surface area contributed by atoms with Gasteiger partial charge in [0.05, 0.1) is 6.54 Å². The maximum Gasteiger partial charge on any atom is 0.234 e. The van der Waals surface area contributed by atoms with E-state index in [1.54, 1.807) is 0 Å². The number of nitrogens with zero attached hydrogens (tertiary/aromatic N) is 3. The Morgan fingerprint density at radius 1 is 0.931 bits per heavy atom. The molecule has 2 heterocycles. The van der Waals surface area contributed by atoms with Crippen molar-refractivity contribution in [2.75, 3.05) is 45.8 Å².